The van der Waals surface area contributed by atoms with Gasteiger partial charge in [-0.3, -0.25) is 0 Å². The van der Waals surface area contributed by atoms with E-state index in [1.165, 1.54) is 96.3 Å². The fourth-order valence-corrected chi connectivity index (χ4v) is 7.54. The average Bonchev–Trinajstić information content (AvgIpc) is 2.63. The first-order valence-corrected chi connectivity index (χ1v) is 14.8. The molecular weight excluding hydrogens is 331 g/mol. The summed E-state index contributed by atoms with van der Waals surface area (Å²) in [6, 6.07) is 0. The van der Waals surface area contributed by atoms with Gasteiger partial charge in [-0.25, -0.2) is 0 Å². The first kappa shape index (κ1) is 28.7. The second-order valence-electron chi connectivity index (χ2n) is 8.54. The third kappa shape index (κ3) is 22.5. The highest BCUT2D eigenvalue weighted by atomic mass is 27.2. The molecule has 0 aliphatic carbocycles. The highest BCUT2D eigenvalue weighted by Gasteiger charge is 2.15. The summed E-state index contributed by atoms with van der Waals surface area (Å²) in [5.74, 6) is 0. The van der Waals surface area contributed by atoms with E-state index in [1.54, 1.807) is 35.1 Å². The van der Waals surface area contributed by atoms with Crippen molar-refractivity contribution in [3.63, 3.8) is 0 Å². The minimum atomic E-state index is -0.410. The molecule has 0 spiro atoms. The maximum absolute atomic E-state index is 2.32. The molecule has 0 saturated carbocycles. The molecule has 0 radical (unpaired) electrons. The van der Waals surface area contributed by atoms with E-state index in [-0.39, 0.29) is 5.48 Å². The van der Waals surface area contributed by atoms with Crippen LogP contribution in [0, 0.1) is 0 Å². The number of unbranched alkanes of at least 4 members (excludes halogenated alkanes) is 15. The minimum Gasteiger partial charge on any atom is -0.412 e. The van der Waals surface area contributed by atoms with Crippen LogP contribution in [0.25, 0.3) is 0 Å². The van der Waals surface area contributed by atoms with Crippen molar-refractivity contribution >= 4 is 14.1 Å². The van der Waals surface area contributed by atoms with Crippen LogP contribution < -0.4 is 0 Å². The normalized spacial score (nSPS) is 10.7. The fraction of sp³-hybridized carbons (Fsp3) is 1.00. The Morgan fingerprint density at radius 3 is 0.846 bits per heavy atom. The Bertz CT molecular complexity index is 194. The van der Waals surface area contributed by atoms with Crippen molar-refractivity contribution in [1.29, 1.82) is 0 Å². The van der Waals surface area contributed by atoms with Crippen LogP contribution in [0.2, 0.25) is 15.8 Å². The molecule has 0 atom stereocenters. The van der Waals surface area contributed by atoms with E-state index in [2.05, 4.69) is 20.8 Å². The molecule has 0 amide bonds. The Kier molecular flexibility index (Phi) is 28.1. The van der Waals surface area contributed by atoms with Crippen molar-refractivity contribution in [2.75, 3.05) is 0 Å². The number of hydrogen-bond donors (Lipinski definition) is 0. The lowest BCUT2D eigenvalue weighted by molar-refractivity contribution is 0.610. The zero-order valence-corrected chi connectivity index (χ0v) is 20.1. The van der Waals surface area contributed by atoms with Gasteiger partial charge in [0.2, 0.25) is 0 Å². The molecule has 0 aliphatic rings. The Labute approximate surface area is 171 Å². The smallest absolute Gasteiger partial charge is 0.261 e. The standard InChI is InChI=1S/3C8H17.Al.H2O/c3*1-3-5-7-8-6-4-2;;/h3*1,3-8H2,2H3;;1H2. The summed E-state index contributed by atoms with van der Waals surface area (Å²) < 4.78 is 0. The van der Waals surface area contributed by atoms with Gasteiger partial charge >= 0.3 is 0 Å². The lowest BCUT2D eigenvalue weighted by Crippen LogP contribution is -2.12. The first-order valence-electron chi connectivity index (χ1n) is 12.3. The molecule has 0 aromatic heterocycles. The Morgan fingerprint density at radius 1 is 0.346 bits per heavy atom. The summed E-state index contributed by atoms with van der Waals surface area (Å²) in [6.07, 6.45) is 26.7. The van der Waals surface area contributed by atoms with E-state index >= 15 is 0 Å². The predicted molar refractivity (Wildman–Crippen MR) is 124 cm³/mol. The molecule has 1 nitrogen and oxygen atoms in total. The summed E-state index contributed by atoms with van der Waals surface area (Å²) in [4.78, 5) is 0. The van der Waals surface area contributed by atoms with Gasteiger partial charge in [0.05, 0.1) is 0 Å². The van der Waals surface area contributed by atoms with Crippen LogP contribution in [-0.2, 0) is 0 Å². The number of hydrogen-bond acceptors (Lipinski definition) is 0. The van der Waals surface area contributed by atoms with Crippen LogP contribution in [0.15, 0.2) is 0 Å². The molecule has 0 aliphatic heterocycles. The SMILES string of the molecule is CCCCCCC[CH2][Al]([CH2]CCCCCCC)[CH2]CCCCCCC.O. The average molecular weight is 385 g/mol. The molecule has 2 heteroatoms. The molecule has 2 N–H and O–H groups in total. The van der Waals surface area contributed by atoms with E-state index in [9.17, 15) is 0 Å². The van der Waals surface area contributed by atoms with E-state index in [4.69, 9.17) is 0 Å². The third-order valence-corrected chi connectivity index (χ3v) is 9.57. The van der Waals surface area contributed by atoms with Crippen LogP contribution in [0.4, 0.5) is 0 Å². The van der Waals surface area contributed by atoms with Gasteiger partial charge in [0.1, 0.15) is 0 Å². The Hall–Kier alpha value is 0.492. The van der Waals surface area contributed by atoms with Crippen LogP contribution in [0.1, 0.15) is 136 Å². The van der Waals surface area contributed by atoms with Crippen molar-refractivity contribution in [3.8, 4) is 0 Å². The highest BCUT2D eigenvalue weighted by molar-refractivity contribution is 6.58. The van der Waals surface area contributed by atoms with Crippen LogP contribution in [0.3, 0.4) is 0 Å². The molecule has 0 heterocycles. The maximum Gasteiger partial charge on any atom is 0.261 e. The zero-order chi connectivity index (χ0) is 18.4. The minimum absolute atomic E-state index is 0. The number of rotatable bonds is 21. The summed E-state index contributed by atoms with van der Waals surface area (Å²) in [7, 11) is 0. The van der Waals surface area contributed by atoms with E-state index in [1.807, 2.05) is 0 Å². The van der Waals surface area contributed by atoms with Gasteiger partial charge in [-0.2, -0.15) is 0 Å². The quantitative estimate of drug-likeness (QED) is 0.140. The maximum atomic E-state index is 2.32. The van der Waals surface area contributed by atoms with Crippen molar-refractivity contribution < 1.29 is 5.48 Å². The van der Waals surface area contributed by atoms with E-state index < -0.39 is 14.1 Å². The molecule has 0 aromatic carbocycles. The van der Waals surface area contributed by atoms with Gasteiger partial charge in [-0.05, 0) is 0 Å². The molecule has 0 saturated heterocycles. The van der Waals surface area contributed by atoms with E-state index in [0.29, 0.717) is 0 Å². The molecule has 0 bridgehead atoms. The van der Waals surface area contributed by atoms with Gasteiger partial charge < -0.3 is 5.48 Å². The highest BCUT2D eigenvalue weighted by Crippen LogP contribution is 2.20. The monoisotopic (exact) mass is 384 g/mol. The Morgan fingerprint density at radius 2 is 0.577 bits per heavy atom. The van der Waals surface area contributed by atoms with Crippen LogP contribution >= 0.6 is 0 Å². The van der Waals surface area contributed by atoms with Crippen molar-refractivity contribution in [2.24, 2.45) is 0 Å². The van der Waals surface area contributed by atoms with Gasteiger partial charge in [-0.15, -0.1) is 0 Å². The lowest BCUT2D eigenvalue weighted by atomic mass is 10.1. The Balaban J connectivity index is 0. The molecule has 0 aromatic rings. The summed E-state index contributed by atoms with van der Waals surface area (Å²) in [5, 5.41) is 4.99. The van der Waals surface area contributed by atoms with Gasteiger partial charge in [0.15, 0.2) is 0 Å². The van der Waals surface area contributed by atoms with Gasteiger partial charge in [-0.1, -0.05) is 152 Å². The molecular formula is C24H53AlO. The van der Waals surface area contributed by atoms with Crippen LogP contribution in [-0.4, -0.2) is 19.6 Å². The summed E-state index contributed by atoms with van der Waals surface area (Å²) in [5.41, 5.74) is 0. The predicted octanol–water partition coefficient (Wildman–Crippen LogP) is 8.74. The first-order chi connectivity index (χ1) is 12.3. The molecule has 0 fully saturated rings. The lowest BCUT2D eigenvalue weighted by Gasteiger charge is -2.12. The summed E-state index contributed by atoms with van der Waals surface area (Å²) >= 11 is -0.410. The van der Waals surface area contributed by atoms with Crippen LogP contribution in [0.5, 0.6) is 0 Å². The van der Waals surface area contributed by atoms with Gasteiger partial charge in [0, 0.05) is 0 Å². The van der Waals surface area contributed by atoms with Crippen molar-refractivity contribution in [2.45, 2.75) is 152 Å². The molecule has 158 valence electrons. The topological polar surface area (TPSA) is 31.5 Å². The van der Waals surface area contributed by atoms with Gasteiger partial charge in [0.25, 0.3) is 14.1 Å². The second-order valence-corrected chi connectivity index (χ2v) is 12.0. The largest absolute Gasteiger partial charge is 0.412 e. The third-order valence-electron chi connectivity index (χ3n) is 5.90. The zero-order valence-electron chi connectivity index (χ0n) is 18.9. The fourth-order valence-electron chi connectivity index (χ4n) is 4.07. The molecule has 0 rings (SSSR count). The molecule has 0 unspecified atom stereocenters. The summed E-state index contributed by atoms with van der Waals surface area (Å²) in [6.45, 7) is 6.97. The second kappa shape index (κ2) is 25.5. The van der Waals surface area contributed by atoms with E-state index in [0.717, 1.165) is 0 Å². The molecule has 26 heavy (non-hydrogen) atoms. The van der Waals surface area contributed by atoms with Crippen molar-refractivity contribution in [1.82, 2.24) is 0 Å². The van der Waals surface area contributed by atoms with Crippen molar-refractivity contribution in [3.05, 3.63) is 0 Å².